The molecule has 0 saturated heterocycles. The van der Waals surface area contributed by atoms with Crippen LogP contribution in [0.3, 0.4) is 0 Å². The van der Waals surface area contributed by atoms with Crippen molar-refractivity contribution in [1.29, 1.82) is 0 Å². The highest BCUT2D eigenvalue weighted by Gasteiger charge is 2.25. The van der Waals surface area contributed by atoms with Crippen molar-refractivity contribution in [2.45, 2.75) is 50.2 Å². The number of thioether (sulfide) groups is 1. The Morgan fingerprint density at radius 1 is 1.00 bits per heavy atom. The van der Waals surface area contributed by atoms with E-state index < -0.39 is 0 Å². The fourth-order valence-electron chi connectivity index (χ4n) is 3.62. The van der Waals surface area contributed by atoms with Gasteiger partial charge in [0.05, 0.1) is 17.8 Å². The molecule has 0 aliphatic carbocycles. The molecule has 2 atom stereocenters. The summed E-state index contributed by atoms with van der Waals surface area (Å²) in [7, 11) is 4.07. The summed E-state index contributed by atoms with van der Waals surface area (Å²) < 4.78 is 2.11. The van der Waals surface area contributed by atoms with Crippen LogP contribution in [-0.4, -0.2) is 50.8 Å². The lowest BCUT2D eigenvalue weighted by Gasteiger charge is -2.23. The summed E-state index contributed by atoms with van der Waals surface area (Å²) in [4.78, 5) is 26.2. The van der Waals surface area contributed by atoms with Crippen molar-refractivity contribution in [3.05, 3.63) is 66.0 Å². The zero-order valence-corrected chi connectivity index (χ0v) is 21.1. The molecule has 0 bridgehead atoms. The van der Waals surface area contributed by atoms with E-state index in [9.17, 15) is 9.59 Å². The van der Waals surface area contributed by atoms with Crippen LogP contribution in [0.1, 0.15) is 44.6 Å². The third-order valence-electron chi connectivity index (χ3n) is 5.36. The number of amides is 2. The molecule has 0 radical (unpaired) electrons. The van der Waals surface area contributed by atoms with Crippen molar-refractivity contribution >= 4 is 35.0 Å². The molecule has 34 heavy (non-hydrogen) atoms. The number of carbonyl (C=O) groups is 2. The van der Waals surface area contributed by atoms with Crippen LogP contribution in [0.5, 0.6) is 0 Å². The fraction of sp³-hybridized carbons (Fsp3) is 0.360. The van der Waals surface area contributed by atoms with Gasteiger partial charge in [0.25, 0.3) is 0 Å². The second kappa shape index (κ2) is 11.8. The zero-order chi connectivity index (χ0) is 24.7. The molecule has 2 N–H and O–H groups in total. The van der Waals surface area contributed by atoms with Crippen molar-refractivity contribution in [3.8, 4) is 0 Å². The standard InChI is InChI=1S/C25H32N6O2S/c1-6-22(30(4)5)23-28-29-25(31(23)16-19-10-8-7-9-11-19)34-17(2)24(33)27-21-14-12-20(13-15-21)26-18(3)32/h7-15,17,22H,6,16H2,1-5H3,(H,26,32)(H,27,33). The van der Waals surface area contributed by atoms with Crippen LogP contribution >= 0.6 is 11.8 Å². The average Bonchev–Trinajstić information content (AvgIpc) is 3.17. The monoisotopic (exact) mass is 480 g/mol. The van der Waals surface area contributed by atoms with Crippen LogP contribution < -0.4 is 10.6 Å². The molecule has 9 heteroatoms. The van der Waals surface area contributed by atoms with Crippen LogP contribution in [-0.2, 0) is 16.1 Å². The lowest BCUT2D eigenvalue weighted by molar-refractivity contribution is -0.115. The maximum atomic E-state index is 12.9. The van der Waals surface area contributed by atoms with Gasteiger partial charge in [-0.1, -0.05) is 49.0 Å². The fourth-order valence-corrected chi connectivity index (χ4v) is 4.48. The van der Waals surface area contributed by atoms with E-state index >= 15 is 0 Å². The second-order valence-electron chi connectivity index (χ2n) is 8.31. The van der Waals surface area contributed by atoms with Gasteiger partial charge in [0.1, 0.15) is 0 Å². The summed E-state index contributed by atoms with van der Waals surface area (Å²) in [5, 5.41) is 14.9. The Kier molecular flexibility index (Phi) is 8.84. The first-order valence-electron chi connectivity index (χ1n) is 11.3. The number of hydrogen-bond donors (Lipinski definition) is 2. The molecule has 3 aromatic rings. The van der Waals surface area contributed by atoms with Crippen molar-refractivity contribution in [2.75, 3.05) is 24.7 Å². The molecule has 2 aromatic carbocycles. The smallest absolute Gasteiger partial charge is 0.237 e. The first kappa shape index (κ1) is 25.5. The van der Waals surface area contributed by atoms with Gasteiger partial charge in [0.15, 0.2) is 11.0 Å². The highest BCUT2D eigenvalue weighted by atomic mass is 32.2. The van der Waals surface area contributed by atoms with Crippen LogP contribution in [0.15, 0.2) is 59.8 Å². The first-order valence-corrected chi connectivity index (χ1v) is 12.1. The van der Waals surface area contributed by atoms with Crippen LogP contribution in [0.4, 0.5) is 11.4 Å². The molecule has 180 valence electrons. The molecule has 2 amide bonds. The second-order valence-corrected chi connectivity index (χ2v) is 9.62. The molecule has 0 aliphatic rings. The van der Waals surface area contributed by atoms with Crippen LogP contribution in [0.25, 0.3) is 0 Å². The Morgan fingerprint density at radius 3 is 2.18 bits per heavy atom. The Hall–Kier alpha value is -3.17. The highest BCUT2D eigenvalue weighted by molar-refractivity contribution is 8.00. The third kappa shape index (κ3) is 6.68. The minimum absolute atomic E-state index is 0.122. The van der Waals surface area contributed by atoms with E-state index in [4.69, 9.17) is 0 Å². The minimum Gasteiger partial charge on any atom is -0.326 e. The van der Waals surface area contributed by atoms with E-state index in [2.05, 4.69) is 49.4 Å². The molecule has 0 aliphatic heterocycles. The normalized spacial score (nSPS) is 12.9. The third-order valence-corrected chi connectivity index (χ3v) is 6.44. The molecule has 2 unspecified atom stereocenters. The highest BCUT2D eigenvalue weighted by Crippen LogP contribution is 2.29. The van der Waals surface area contributed by atoms with Crippen molar-refractivity contribution in [1.82, 2.24) is 19.7 Å². The molecular formula is C25H32N6O2S. The Balaban J connectivity index is 1.77. The number of benzene rings is 2. The molecule has 3 rings (SSSR count). The van der Waals surface area contributed by atoms with E-state index in [0.29, 0.717) is 23.1 Å². The topological polar surface area (TPSA) is 92.1 Å². The van der Waals surface area contributed by atoms with E-state index in [1.807, 2.05) is 39.2 Å². The molecular weight excluding hydrogens is 448 g/mol. The lowest BCUT2D eigenvalue weighted by atomic mass is 10.2. The van der Waals surface area contributed by atoms with Gasteiger partial charge in [-0.15, -0.1) is 10.2 Å². The van der Waals surface area contributed by atoms with Gasteiger partial charge in [-0.25, -0.2) is 0 Å². The van der Waals surface area contributed by atoms with Crippen LogP contribution in [0.2, 0.25) is 0 Å². The SMILES string of the molecule is CCC(c1nnc(SC(C)C(=O)Nc2ccc(NC(C)=O)cc2)n1Cc1ccccc1)N(C)C. The molecule has 0 fully saturated rings. The van der Waals surface area contributed by atoms with Gasteiger partial charge in [-0.3, -0.25) is 14.5 Å². The average molecular weight is 481 g/mol. The number of hydrogen-bond acceptors (Lipinski definition) is 6. The molecule has 1 heterocycles. The Morgan fingerprint density at radius 2 is 1.62 bits per heavy atom. The van der Waals surface area contributed by atoms with E-state index in [0.717, 1.165) is 17.8 Å². The van der Waals surface area contributed by atoms with Gasteiger partial charge in [0.2, 0.25) is 11.8 Å². The summed E-state index contributed by atoms with van der Waals surface area (Å²) in [5.41, 5.74) is 2.49. The van der Waals surface area contributed by atoms with Crippen molar-refractivity contribution < 1.29 is 9.59 Å². The predicted octanol–water partition coefficient (Wildman–Crippen LogP) is 4.42. The van der Waals surface area contributed by atoms with Crippen molar-refractivity contribution in [3.63, 3.8) is 0 Å². The summed E-state index contributed by atoms with van der Waals surface area (Å²) in [6.07, 6.45) is 0.898. The number of nitrogens with zero attached hydrogens (tertiary/aromatic N) is 4. The van der Waals surface area contributed by atoms with Gasteiger partial charge in [-0.05, 0) is 57.3 Å². The van der Waals surface area contributed by atoms with Crippen molar-refractivity contribution in [2.24, 2.45) is 0 Å². The number of nitrogens with one attached hydrogen (secondary N) is 2. The lowest BCUT2D eigenvalue weighted by Crippen LogP contribution is -2.25. The predicted molar refractivity (Wildman–Crippen MR) is 137 cm³/mol. The Bertz CT molecular complexity index is 1100. The summed E-state index contributed by atoms with van der Waals surface area (Å²) >= 11 is 1.39. The van der Waals surface area contributed by atoms with Gasteiger partial charge < -0.3 is 15.2 Å². The Labute approximate surface area is 205 Å². The van der Waals surface area contributed by atoms with E-state index in [1.54, 1.807) is 24.3 Å². The number of anilines is 2. The first-order chi connectivity index (χ1) is 16.3. The van der Waals surface area contributed by atoms with Gasteiger partial charge >= 0.3 is 0 Å². The molecule has 1 aromatic heterocycles. The van der Waals surface area contributed by atoms with Gasteiger partial charge in [0, 0.05) is 18.3 Å². The summed E-state index contributed by atoms with van der Waals surface area (Å²) in [6, 6.07) is 17.3. The van der Waals surface area contributed by atoms with E-state index in [1.165, 1.54) is 18.7 Å². The van der Waals surface area contributed by atoms with Gasteiger partial charge in [-0.2, -0.15) is 0 Å². The summed E-state index contributed by atoms with van der Waals surface area (Å²) in [5.74, 6) is 0.619. The molecule has 0 saturated carbocycles. The van der Waals surface area contributed by atoms with E-state index in [-0.39, 0.29) is 23.1 Å². The quantitative estimate of drug-likeness (QED) is 0.418. The maximum Gasteiger partial charge on any atom is 0.237 e. The number of aromatic nitrogens is 3. The maximum absolute atomic E-state index is 12.9. The number of carbonyl (C=O) groups excluding carboxylic acids is 2. The summed E-state index contributed by atoms with van der Waals surface area (Å²) in [6.45, 7) is 6.08. The van der Waals surface area contributed by atoms with Crippen LogP contribution in [0, 0.1) is 0 Å². The zero-order valence-electron chi connectivity index (χ0n) is 20.3. The molecule has 8 nitrogen and oxygen atoms in total. The number of rotatable bonds is 10. The largest absolute Gasteiger partial charge is 0.326 e. The minimum atomic E-state index is -0.388. The molecule has 0 spiro atoms.